The van der Waals surface area contributed by atoms with Gasteiger partial charge in [-0.25, -0.2) is 4.79 Å². The van der Waals surface area contributed by atoms with Gasteiger partial charge in [0.15, 0.2) is 0 Å². The molecule has 0 fully saturated rings. The van der Waals surface area contributed by atoms with E-state index in [-0.39, 0.29) is 11.8 Å². The van der Waals surface area contributed by atoms with Gasteiger partial charge in [0.05, 0.1) is 6.04 Å². The van der Waals surface area contributed by atoms with Crippen LogP contribution in [-0.4, -0.2) is 18.0 Å². The van der Waals surface area contributed by atoms with E-state index in [1.54, 1.807) is 0 Å². The third-order valence-electron chi connectivity index (χ3n) is 3.14. The highest BCUT2D eigenvalue weighted by molar-refractivity contribution is 5.69. The van der Waals surface area contributed by atoms with Crippen molar-refractivity contribution in [3.05, 3.63) is 35.9 Å². The van der Waals surface area contributed by atoms with Crippen LogP contribution in [0.25, 0.3) is 0 Å². The lowest BCUT2D eigenvalue weighted by atomic mass is 9.85. The number of rotatable bonds is 5. The summed E-state index contributed by atoms with van der Waals surface area (Å²) in [6.07, 6.45) is 0.392. The topological polar surface area (TPSA) is 55.4 Å². The summed E-state index contributed by atoms with van der Waals surface area (Å²) in [5, 5.41) is 2.83. The lowest BCUT2D eigenvalue weighted by Crippen LogP contribution is -2.39. The zero-order valence-electron chi connectivity index (χ0n) is 13.4. The number of ether oxygens (including phenoxy) is 1. The van der Waals surface area contributed by atoms with Crippen LogP contribution >= 0.6 is 0 Å². The number of amides is 1. The third kappa shape index (κ3) is 5.58. The van der Waals surface area contributed by atoms with E-state index >= 15 is 0 Å². The second-order valence-corrected chi connectivity index (χ2v) is 6.49. The van der Waals surface area contributed by atoms with Gasteiger partial charge >= 0.3 is 6.09 Å². The highest BCUT2D eigenvalue weighted by atomic mass is 16.6. The number of hydrogen-bond donors (Lipinski definition) is 1. The molecule has 0 radical (unpaired) electrons. The van der Waals surface area contributed by atoms with Gasteiger partial charge in [0.2, 0.25) is 0 Å². The normalized spacial score (nSPS) is 14.4. The average Bonchev–Trinajstić information content (AvgIpc) is 2.37. The van der Waals surface area contributed by atoms with Crippen molar-refractivity contribution in [2.75, 3.05) is 0 Å². The molecule has 0 saturated heterocycles. The van der Waals surface area contributed by atoms with Crippen LogP contribution in [0.15, 0.2) is 30.3 Å². The number of hydrogen-bond acceptors (Lipinski definition) is 3. The van der Waals surface area contributed by atoms with Crippen LogP contribution in [0.4, 0.5) is 4.79 Å². The number of alkyl carbamates (subject to hydrolysis) is 1. The standard InChI is InChI=1S/C17H25NO3/c1-12(2)14(11-19)15(13-9-7-6-8-10-13)18-16(20)21-17(3,4)5/h6-12,14-15H,1-5H3,(H,18,20)/t14-,15+/m0/s1. The molecule has 0 bridgehead atoms. The lowest BCUT2D eigenvalue weighted by Gasteiger charge is -2.29. The fourth-order valence-corrected chi connectivity index (χ4v) is 2.12. The summed E-state index contributed by atoms with van der Waals surface area (Å²) in [7, 11) is 0. The minimum atomic E-state index is -0.570. The average molecular weight is 291 g/mol. The first-order chi connectivity index (χ1) is 9.74. The van der Waals surface area contributed by atoms with Crippen molar-refractivity contribution in [3.63, 3.8) is 0 Å². The van der Waals surface area contributed by atoms with Gasteiger partial charge < -0.3 is 14.8 Å². The number of benzene rings is 1. The first-order valence-electron chi connectivity index (χ1n) is 7.24. The smallest absolute Gasteiger partial charge is 0.408 e. The molecule has 2 atom stereocenters. The Morgan fingerprint density at radius 2 is 1.76 bits per heavy atom. The quantitative estimate of drug-likeness (QED) is 0.841. The van der Waals surface area contributed by atoms with E-state index in [1.165, 1.54) is 0 Å². The SMILES string of the molecule is CC(C)[C@H](C=O)[C@H](NC(=O)OC(C)(C)C)c1ccccc1. The molecular weight excluding hydrogens is 266 g/mol. The van der Waals surface area contributed by atoms with Crippen molar-refractivity contribution in [2.24, 2.45) is 11.8 Å². The van der Waals surface area contributed by atoms with Gasteiger partial charge in [0.25, 0.3) is 0 Å². The summed E-state index contributed by atoms with van der Waals surface area (Å²) in [4.78, 5) is 23.5. The zero-order chi connectivity index (χ0) is 16.0. The molecule has 1 amide bonds. The number of aldehydes is 1. The Bertz CT molecular complexity index is 463. The molecule has 0 aliphatic carbocycles. The fraction of sp³-hybridized carbons (Fsp3) is 0.529. The molecule has 1 N–H and O–H groups in total. The molecular formula is C17H25NO3. The van der Waals surface area contributed by atoms with Crippen molar-refractivity contribution in [1.82, 2.24) is 5.32 Å². The van der Waals surface area contributed by atoms with Gasteiger partial charge in [-0.2, -0.15) is 0 Å². The Morgan fingerprint density at radius 1 is 1.19 bits per heavy atom. The summed E-state index contributed by atoms with van der Waals surface area (Å²) in [5.74, 6) is -0.192. The summed E-state index contributed by atoms with van der Waals surface area (Å²) < 4.78 is 5.30. The van der Waals surface area contributed by atoms with Gasteiger partial charge in [0, 0.05) is 5.92 Å². The Labute approximate surface area is 126 Å². The van der Waals surface area contributed by atoms with Gasteiger partial charge in [-0.15, -0.1) is 0 Å². The number of carbonyl (C=O) groups excluding carboxylic acids is 2. The number of nitrogens with one attached hydrogen (secondary N) is 1. The van der Waals surface area contributed by atoms with E-state index < -0.39 is 17.7 Å². The molecule has 4 nitrogen and oxygen atoms in total. The van der Waals surface area contributed by atoms with Crippen LogP contribution in [0, 0.1) is 11.8 Å². The molecule has 0 saturated carbocycles. The molecule has 116 valence electrons. The largest absolute Gasteiger partial charge is 0.444 e. The Balaban J connectivity index is 2.98. The summed E-state index contributed by atoms with van der Waals surface area (Å²) in [6, 6.07) is 9.10. The Kier molecular flexibility index (Phi) is 5.94. The second kappa shape index (κ2) is 7.25. The monoisotopic (exact) mass is 291 g/mol. The Morgan fingerprint density at radius 3 is 2.19 bits per heavy atom. The lowest BCUT2D eigenvalue weighted by molar-refractivity contribution is -0.113. The van der Waals surface area contributed by atoms with E-state index in [0.29, 0.717) is 0 Å². The van der Waals surface area contributed by atoms with Gasteiger partial charge in [-0.1, -0.05) is 44.2 Å². The zero-order valence-corrected chi connectivity index (χ0v) is 13.4. The van der Waals surface area contributed by atoms with Crippen molar-refractivity contribution >= 4 is 12.4 Å². The highest BCUT2D eigenvalue weighted by Crippen LogP contribution is 2.27. The predicted octanol–water partition coefficient (Wildman–Crippen LogP) is 3.72. The molecule has 0 spiro atoms. The van der Waals surface area contributed by atoms with Crippen molar-refractivity contribution in [3.8, 4) is 0 Å². The minimum Gasteiger partial charge on any atom is -0.444 e. The molecule has 0 aliphatic heterocycles. The summed E-state index contributed by atoms with van der Waals surface area (Å²) in [6.45, 7) is 9.36. The van der Waals surface area contributed by atoms with Crippen LogP contribution in [-0.2, 0) is 9.53 Å². The van der Waals surface area contributed by atoms with E-state index in [0.717, 1.165) is 11.8 Å². The van der Waals surface area contributed by atoms with E-state index in [4.69, 9.17) is 4.74 Å². The van der Waals surface area contributed by atoms with E-state index in [1.807, 2.05) is 65.0 Å². The first kappa shape index (κ1) is 17.2. The maximum Gasteiger partial charge on any atom is 0.408 e. The highest BCUT2D eigenvalue weighted by Gasteiger charge is 2.29. The molecule has 1 aromatic rings. The summed E-state index contributed by atoms with van der Waals surface area (Å²) in [5.41, 5.74) is 0.328. The molecule has 0 unspecified atom stereocenters. The van der Waals surface area contributed by atoms with E-state index in [2.05, 4.69) is 5.32 Å². The number of carbonyl (C=O) groups is 2. The van der Waals surface area contributed by atoms with Crippen molar-refractivity contribution < 1.29 is 14.3 Å². The second-order valence-electron chi connectivity index (χ2n) is 6.49. The first-order valence-corrected chi connectivity index (χ1v) is 7.24. The molecule has 0 heterocycles. The van der Waals surface area contributed by atoms with Crippen LogP contribution in [0.5, 0.6) is 0 Å². The van der Waals surface area contributed by atoms with Gasteiger partial charge in [-0.3, -0.25) is 0 Å². The van der Waals surface area contributed by atoms with Crippen LogP contribution < -0.4 is 5.32 Å². The molecule has 4 heteroatoms. The molecule has 0 aliphatic rings. The van der Waals surface area contributed by atoms with Crippen LogP contribution in [0.1, 0.15) is 46.2 Å². The van der Waals surface area contributed by atoms with Crippen LogP contribution in [0.3, 0.4) is 0 Å². The van der Waals surface area contributed by atoms with Crippen molar-refractivity contribution in [2.45, 2.75) is 46.3 Å². The molecule has 1 rings (SSSR count). The van der Waals surface area contributed by atoms with E-state index in [9.17, 15) is 9.59 Å². The fourth-order valence-electron chi connectivity index (χ4n) is 2.12. The maximum atomic E-state index is 12.0. The Hall–Kier alpha value is -1.84. The maximum absolute atomic E-state index is 12.0. The van der Waals surface area contributed by atoms with Gasteiger partial charge in [-0.05, 0) is 32.3 Å². The van der Waals surface area contributed by atoms with Gasteiger partial charge in [0.1, 0.15) is 11.9 Å². The molecule has 21 heavy (non-hydrogen) atoms. The minimum absolute atomic E-state index is 0.114. The predicted molar refractivity (Wildman–Crippen MR) is 82.9 cm³/mol. The summed E-state index contributed by atoms with van der Waals surface area (Å²) >= 11 is 0. The van der Waals surface area contributed by atoms with Crippen molar-refractivity contribution in [1.29, 1.82) is 0 Å². The third-order valence-corrected chi connectivity index (χ3v) is 3.14. The molecule has 1 aromatic carbocycles. The molecule has 0 aromatic heterocycles. The van der Waals surface area contributed by atoms with Crippen LogP contribution in [0.2, 0.25) is 0 Å².